The fourth-order valence-corrected chi connectivity index (χ4v) is 1.66. The zero-order chi connectivity index (χ0) is 11.2. The molecule has 4 heteroatoms. The van der Waals surface area contributed by atoms with Crippen LogP contribution in [-0.4, -0.2) is 22.3 Å². The molecule has 0 saturated heterocycles. The molecule has 0 saturated carbocycles. The van der Waals surface area contributed by atoms with Gasteiger partial charge < -0.3 is 10.4 Å². The molecule has 0 aromatic heterocycles. The fourth-order valence-electron chi connectivity index (χ4n) is 1.66. The van der Waals surface area contributed by atoms with Crippen LogP contribution in [-0.2, 0) is 0 Å². The zero-order valence-electron chi connectivity index (χ0n) is 8.50. The van der Waals surface area contributed by atoms with E-state index in [0.29, 0.717) is 5.56 Å². The van der Waals surface area contributed by atoms with Gasteiger partial charge in [0, 0.05) is 5.56 Å². The first-order valence-corrected chi connectivity index (χ1v) is 4.62. The summed E-state index contributed by atoms with van der Waals surface area (Å²) >= 11 is 0. The van der Waals surface area contributed by atoms with E-state index >= 15 is 0 Å². The molecule has 2 N–H and O–H groups in total. The van der Waals surface area contributed by atoms with Crippen molar-refractivity contribution in [1.29, 1.82) is 0 Å². The minimum Gasteiger partial charge on any atom is -0.508 e. The molecule has 0 unspecified atom stereocenters. The highest BCUT2D eigenvalue weighted by atomic mass is 16.3. The molecule has 2 rings (SSSR count). The van der Waals surface area contributed by atoms with Gasteiger partial charge in [0.25, 0.3) is 5.91 Å². The van der Waals surface area contributed by atoms with Gasteiger partial charge in [-0.15, -0.1) is 0 Å². The summed E-state index contributed by atoms with van der Waals surface area (Å²) in [5.74, 6) is -0.477. The summed E-state index contributed by atoms with van der Waals surface area (Å²) in [5.41, 5.74) is -0.307. The number of ketones is 1. The van der Waals surface area contributed by atoms with Gasteiger partial charge in [-0.1, -0.05) is 0 Å². The molecule has 0 radical (unpaired) electrons. The van der Waals surface area contributed by atoms with E-state index in [9.17, 15) is 14.7 Å². The lowest BCUT2D eigenvalue weighted by atomic mass is 9.86. The Hall–Kier alpha value is -1.84. The van der Waals surface area contributed by atoms with Crippen LogP contribution in [0.25, 0.3) is 0 Å². The number of amides is 1. The third-order valence-corrected chi connectivity index (χ3v) is 2.49. The van der Waals surface area contributed by atoms with E-state index in [2.05, 4.69) is 5.32 Å². The number of nitrogens with one attached hydrogen (secondary N) is 1. The first kappa shape index (κ1) is 9.71. The molecular formula is C11H11NO3. The second-order valence-corrected chi connectivity index (χ2v) is 4.14. The monoisotopic (exact) mass is 205 g/mol. The SMILES string of the molecule is CC1(C)NC(=O)c2ccc(O)cc2C1=O. The van der Waals surface area contributed by atoms with Crippen molar-refractivity contribution in [3.63, 3.8) is 0 Å². The Balaban J connectivity index is 2.65. The van der Waals surface area contributed by atoms with Crippen molar-refractivity contribution in [1.82, 2.24) is 5.32 Å². The predicted octanol–water partition coefficient (Wildman–Crippen LogP) is 1.10. The molecule has 0 bridgehead atoms. The number of aromatic hydroxyl groups is 1. The Morgan fingerprint density at radius 3 is 2.53 bits per heavy atom. The van der Waals surface area contributed by atoms with Crippen LogP contribution in [0.3, 0.4) is 0 Å². The second-order valence-electron chi connectivity index (χ2n) is 4.14. The summed E-state index contributed by atoms with van der Waals surface area (Å²) in [6, 6.07) is 4.18. The molecule has 1 aromatic carbocycles. The van der Waals surface area contributed by atoms with Crippen molar-refractivity contribution in [2.75, 3.05) is 0 Å². The Morgan fingerprint density at radius 1 is 1.20 bits per heavy atom. The third-order valence-electron chi connectivity index (χ3n) is 2.49. The Kier molecular flexibility index (Phi) is 1.83. The van der Waals surface area contributed by atoms with Gasteiger partial charge in [0.1, 0.15) is 5.75 Å². The molecule has 1 aromatic rings. The number of hydrogen-bond donors (Lipinski definition) is 2. The lowest BCUT2D eigenvalue weighted by Gasteiger charge is -2.30. The molecule has 78 valence electrons. The average molecular weight is 205 g/mol. The van der Waals surface area contributed by atoms with Crippen LogP contribution in [0.5, 0.6) is 5.75 Å². The van der Waals surface area contributed by atoms with Gasteiger partial charge in [0.05, 0.1) is 11.1 Å². The summed E-state index contributed by atoms with van der Waals surface area (Å²) in [4.78, 5) is 23.5. The van der Waals surface area contributed by atoms with Gasteiger partial charge >= 0.3 is 0 Å². The van der Waals surface area contributed by atoms with Gasteiger partial charge in [-0.2, -0.15) is 0 Å². The van der Waals surface area contributed by atoms with Crippen LogP contribution in [0.1, 0.15) is 34.6 Å². The highest BCUT2D eigenvalue weighted by Gasteiger charge is 2.37. The van der Waals surface area contributed by atoms with E-state index in [1.54, 1.807) is 13.8 Å². The van der Waals surface area contributed by atoms with Gasteiger partial charge in [-0.3, -0.25) is 9.59 Å². The average Bonchev–Trinajstić information content (AvgIpc) is 2.13. The van der Waals surface area contributed by atoms with Gasteiger partial charge in [-0.05, 0) is 32.0 Å². The van der Waals surface area contributed by atoms with Crippen LogP contribution in [0, 0.1) is 0 Å². The number of carbonyl (C=O) groups is 2. The number of carbonyl (C=O) groups excluding carboxylic acids is 2. The quantitative estimate of drug-likeness (QED) is 0.666. The molecular weight excluding hydrogens is 194 g/mol. The van der Waals surface area contributed by atoms with E-state index in [-0.39, 0.29) is 23.0 Å². The molecule has 4 nitrogen and oxygen atoms in total. The highest BCUT2D eigenvalue weighted by Crippen LogP contribution is 2.25. The van der Waals surface area contributed by atoms with Crippen LogP contribution in [0.2, 0.25) is 0 Å². The Morgan fingerprint density at radius 2 is 1.87 bits per heavy atom. The molecule has 1 aliphatic rings. The topological polar surface area (TPSA) is 66.4 Å². The maximum absolute atomic E-state index is 11.9. The molecule has 0 atom stereocenters. The Bertz CT molecular complexity index is 463. The van der Waals surface area contributed by atoms with E-state index < -0.39 is 5.54 Å². The van der Waals surface area contributed by atoms with Crippen molar-refractivity contribution in [2.24, 2.45) is 0 Å². The standard InChI is InChI=1S/C11H11NO3/c1-11(2)9(14)8-5-6(13)3-4-7(8)10(15)12-11/h3-5,13H,1-2H3,(H,12,15). The fraction of sp³-hybridized carbons (Fsp3) is 0.273. The van der Waals surface area contributed by atoms with E-state index in [0.717, 1.165) is 0 Å². The number of rotatable bonds is 0. The molecule has 1 amide bonds. The van der Waals surface area contributed by atoms with Crippen LogP contribution in [0.15, 0.2) is 18.2 Å². The summed E-state index contributed by atoms with van der Waals surface area (Å²) in [6.07, 6.45) is 0. The summed E-state index contributed by atoms with van der Waals surface area (Å²) in [7, 11) is 0. The molecule has 0 spiro atoms. The van der Waals surface area contributed by atoms with Gasteiger partial charge in [0.15, 0.2) is 5.78 Å². The smallest absolute Gasteiger partial charge is 0.252 e. The Labute approximate surface area is 86.9 Å². The lowest BCUT2D eigenvalue weighted by Crippen LogP contribution is -2.53. The largest absolute Gasteiger partial charge is 0.508 e. The molecule has 1 aliphatic heterocycles. The first-order valence-electron chi connectivity index (χ1n) is 4.62. The normalized spacial score (nSPS) is 18.3. The maximum Gasteiger partial charge on any atom is 0.252 e. The van der Waals surface area contributed by atoms with Crippen molar-refractivity contribution >= 4 is 11.7 Å². The number of phenolic OH excluding ortho intramolecular Hbond substituents is 1. The van der Waals surface area contributed by atoms with Crippen molar-refractivity contribution in [3.05, 3.63) is 29.3 Å². The van der Waals surface area contributed by atoms with E-state index in [1.165, 1.54) is 18.2 Å². The van der Waals surface area contributed by atoms with Gasteiger partial charge in [-0.25, -0.2) is 0 Å². The van der Waals surface area contributed by atoms with Crippen molar-refractivity contribution in [3.8, 4) is 5.75 Å². The number of benzene rings is 1. The van der Waals surface area contributed by atoms with Gasteiger partial charge in [0.2, 0.25) is 0 Å². The maximum atomic E-state index is 11.9. The predicted molar refractivity (Wildman–Crippen MR) is 54.0 cm³/mol. The van der Waals surface area contributed by atoms with Crippen molar-refractivity contribution in [2.45, 2.75) is 19.4 Å². The van der Waals surface area contributed by atoms with Crippen LogP contribution in [0.4, 0.5) is 0 Å². The molecule has 0 aliphatic carbocycles. The third kappa shape index (κ3) is 1.38. The minimum absolute atomic E-state index is 0.00685. The summed E-state index contributed by atoms with van der Waals surface area (Å²) in [6.45, 7) is 3.28. The second kappa shape index (κ2) is 2.82. The van der Waals surface area contributed by atoms with E-state index in [4.69, 9.17) is 0 Å². The number of phenols is 1. The zero-order valence-corrected chi connectivity index (χ0v) is 8.50. The van der Waals surface area contributed by atoms with Crippen LogP contribution < -0.4 is 5.32 Å². The van der Waals surface area contributed by atoms with Crippen LogP contribution >= 0.6 is 0 Å². The highest BCUT2D eigenvalue weighted by molar-refractivity contribution is 6.17. The number of fused-ring (bicyclic) bond motifs is 1. The summed E-state index contributed by atoms with van der Waals surface area (Å²) in [5, 5.41) is 11.9. The molecule has 1 heterocycles. The number of hydrogen-bond acceptors (Lipinski definition) is 3. The molecule has 15 heavy (non-hydrogen) atoms. The number of Topliss-reactive ketones (excluding diaryl/α,β-unsaturated/α-hetero) is 1. The first-order chi connectivity index (χ1) is 6.92. The van der Waals surface area contributed by atoms with E-state index in [1.807, 2.05) is 0 Å². The van der Waals surface area contributed by atoms with Crippen molar-refractivity contribution < 1.29 is 14.7 Å². The lowest BCUT2D eigenvalue weighted by molar-refractivity contribution is 0.0767. The minimum atomic E-state index is -0.905. The molecule has 0 fully saturated rings. The summed E-state index contributed by atoms with van der Waals surface area (Å²) < 4.78 is 0.